The molecule has 0 saturated carbocycles. The predicted molar refractivity (Wildman–Crippen MR) is 104 cm³/mol. The lowest BCUT2D eigenvalue weighted by Crippen LogP contribution is -2.59. The number of fused-ring (bicyclic) bond motifs is 1. The van der Waals surface area contributed by atoms with Crippen LogP contribution in [0.3, 0.4) is 0 Å². The van der Waals surface area contributed by atoms with Gasteiger partial charge in [0, 0.05) is 30.1 Å². The number of allylic oxidation sites excluding steroid dienone is 2. The summed E-state index contributed by atoms with van der Waals surface area (Å²) in [6.45, 7) is 7.16. The molecule has 0 atom stereocenters. The van der Waals surface area contributed by atoms with Crippen LogP contribution in [0.15, 0.2) is 36.5 Å². The highest BCUT2D eigenvalue weighted by molar-refractivity contribution is 5.91. The Morgan fingerprint density at radius 1 is 1.26 bits per heavy atom. The number of hydrogen-bond donors (Lipinski definition) is 0. The third-order valence-electron chi connectivity index (χ3n) is 5.46. The van der Waals surface area contributed by atoms with Crippen LogP contribution in [0.5, 0.6) is 0 Å². The Hall–Kier alpha value is -2.43. The van der Waals surface area contributed by atoms with Gasteiger partial charge in [0.2, 0.25) is 0 Å². The molecule has 5 heteroatoms. The number of ether oxygens (including phenoxy) is 1. The summed E-state index contributed by atoms with van der Waals surface area (Å²) in [6.07, 6.45) is 6.71. The highest BCUT2D eigenvalue weighted by atomic mass is 19.1. The molecule has 1 fully saturated rings. The molecule has 0 radical (unpaired) electrons. The van der Waals surface area contributed by atoms with Gasteiger partial charge in [-0.1, -0.05) is 6.08 Å². The first-order valence-corrected chi connectivity index (χ1v) is 9.46. The number of amides is 1. The molecule has 2 heterocycles. The number of hydrogen-bond acceptors (Lipinski definition) is 3. The van der Waals surface area contributed by atoms with E-state index in [9.17, 15) is 9.18 Å². The monoisotopic (exact) mass is 368 g/mol. The zero-order valence-corrected chi connectivity index (χ0v) is 16.1. The van der Waals surface area contributed by atoms with Crippen molar-refractivity contribution in [3.8, 4) is 0 Å². The molecule has 0 N–H and O–H groups in total. The van der Waals surface area contributed by atoms with Gasteiger partial charge in [-0.3, -0.25) is 4.98 Å². The third kappa shape index (κ3) is 3.55. The summed E-state index contributed by atoms with van der Waals surface area (Å²) >= 11 is 0. The number of nitrogens with zero attached hydrogens (tertiary/aromatic N) is 2. The first-order valence-electron chi connectivity index (χ1n) is 9.46. The Balaban J connectivity index is 1.48. The van der Waals surface area contributed by atoms with Gasteiger partial charge >= 0.3 is 6.09 Å². The van der Waals surface area contributed by atoms with Gasteiger partial charge < -0.3 is 9.64 Å². The van der Waals surface area contributed by atoms with Crippen LogP contribution in [-0.4, -0.2) is 34.7 Å². The molecule has 1 saturated heterocycles. The highest BCUT2D eigenvalue weighted by Crippen LogP contribution is 2.46. The maximum atomic E-state index is 13.7. The molecule has 2 aromatic rings. The van der Waals surface area contributed by atoms with E-state index in [0.29, 0.717) is 0 Å². The van der Waals surface area contributed by atoms with E-state index in [2.05, 4.69) is 11.1 Å². The number of halogens is 1. The normalized spacial score (nSPS) is 19.0. The topological polar surface area (TPSA) is 42.4 Å². The van der Waals surface area contributed by atoms with E-state index in [1.54, 1.807) is 23.2 Å². The van der Waals surface area contributed by atoms with E-state index < -0.39 is 5.60 Å². The fraction of sp³-hybridized carbons (Fsp3) is 0.455. The van der Waals surface area contributed by atoms with Crippen LogP contribution in [-0.2, 0) is 4.74 Å². The summed E-state index contributed by atoms with van der Waals surface area (Å²) in [6, 6.07) is 6.71. The zero-order valence-electron chi connectivity index (χ0n) is 16.1. The molecule has 1 aliphatic heterocycles. The summed E-state index contributed by atoms with van der Waals surface area (Å²) in [4.78, 5) is 18.3. The molecule has 142 valence electrons. The Morgan fingerprint density at radius 2 is 2.04 bits per heavy atom. The SMILES string of the molecule is CC(C)(C)OC(=O)N1CC2(CC=C(c3ccnc4ccc(F)cc34)CC2)C1. The fourth-order valence-electron chi connectivity index (χ4n) is 4.09. The maximum Gasteiger partial charge on any atom is 0.410 e. The van der Waals surface area contributed by atoms with E-state index in [0.717, 1.165) is 48.8 Å². The van der Waals surface area contributed by atoms with Crippen molar-refractivity contribution < 1.29 is 13.9 Å². The lowest BCUT2D eigenvalue weighted by Gasteiger charge is -2.51. The summed E-state index contributed by atoms with van der Waals surface area (Å²) in [5, 5.41) is 0.865. The number of rotatable bonds is 1. The minimum absolute atomic E-state index is 0.161. The number of pyridine rings is 1. The third-order valence-corrected chi connectivity index (χ3v) is 5.46. The van der Waals surface area contributed by atoms with Crippen LogP contribution in [0.25, 0.3) is 16.5 Å². The second kappa shape index (κ2) is 6.32. The minimum Gasteiger partial charge on any atom is -0.444 e. The van der Waals surface area contributed by atoms with Gasteiger partial charge in [0.05, 0.1) is 5.52 Å². The predicted octanol–water partition coefficient (Wildman–Crippen LogP) is 5.18. The molecule has 1 aliphatic carbocycles. The lowest BCUT2D eigenvalue weighted by molar-refractivity contribution is -0.0371. The van der Waals surface area contributed by atoms with Crippen molar-refractivity contribution >= 4 is 22.6 Å². The number of likely N-dealkylation sites (tertiary alicyclic amines) is 1. The first kappa shape index (κ1) is 18.0. The molecule has 1 aromatic heterocycles. The molecule has 1 spiro atoms. The van der Waals surface area contributed by atoms with Crippen molar-refractivity contribution in [2.24, 2.45) is 5.41 Å². The summed E-state index contributed by atoms with van der Waals surface area (Å²) in [7, 11) is 0. The van der Waals surface area contributed by atoms with E-state index in [4.69, 9.17) is 4.74 Å². The van der Waals surface area contributed by atoms with Gasteiger partial charge in [0.15, 0.2) is 0 Å². The molecule has 2 aliphatic rings. The van der Waals surface area contributed by atoms with Gasteiger partial charge in [-0.05, 0) is 75.4 Å². The molecular formula is C22H25FN2O2. The number of aromatic nitrogens is 1. The summed E-state index contributed by atoms with van der Waals surface area (Å²) in [5.74, 6) is -0.239. The van der Waals surface area contributed by atoms with E-state index >= 15 is 0 Å². The smallest absolute Gasteiger partial charge is 0.410 e. The van der Waals surface area contributed by atoms with Gasteiger partial charge in [-0.15, -0.1) is 0 Å². The van der Waals surface area contributed by atoms with Gasteiger partial charge in [-0.25, -0.2) is 9.18 Å². The Kier molecular flexibility index (Phi) is 4.21. The molecule has 1 amide bonds. The molecule has 1 aromatic carbocycles. The van der Waals surface area contributed by atoms with Crippen molar-refractivity contribution in [3.63, 3.8) is 0 Å². The lowest BCUT2D eigenvalue weighted by atomic mass is 9.69. The number of carbonyl (C=O) groups excluding carboxylic acids is 1. The van der Waals surface area contributed by atoms with Gasteiger partial charge in [0.25, 0.3) is 0 Å². The number of benzene rings is 1. The van der Waals surface area contributed by atoms with Crippen molar-refractivity contribution in [1.82, 2.24) is 9.88 Å². The molecule has 4 rings (SSSR count). The van der Waals surface area contributed by atoms with Crippen LogP contribution in [0.1, 0.15) is 45.6 Å². The molecule has 0 unspecified atom stereocenters. The average molecular weight is 368 g/mol. The molecule has 27 heavy (non-hydrogen) atoms. The Labute approximate surface area is 159 Å². The standard InChI is InChI=1S/C22H25FN2O2/c1-21(2,3)27-20(26)25-13-22(14-25)9-6-15(7-10-22)17-8-11-24-19-5-4-16(23)12-18(17)19/h4-6,8,11-12H,7,9-10,13-14H2,1-3H3. The minimum atomic E-state index is -0.461. The fourth-order valence-corrected chi connectivity index (χ4v) is 4.09. The van der Waals surface area contributed by atoms with E-state index in [-0.39, 0.29) is 17.3 Å². The van der Waals surface area contributed by atoms with Gasteiger partial charge in [0.1, 0.15) is 11.4 Å². The first-order chi connectivity index (χ1) is 12.7. The van der Waals surface area contributed by atoms with Crippen LogP contribution in [0.4, 0.5) is 9.18 Å². The van der Waals surface area contributed by atoms with Crippen molar-refractivity contribution in [1.29, 1.82) is 0 Å². The maximum absolute atomic E-state index is 13.7. The number of carbonyl (C=O) groups is 1. The largest absolute Gasteiger partial charge is 0.444 e. The quantitative estimate of drug-likeness (QED) is 0.697. The zero-order chi connectivity index (χ0) is 19.2. The van der Waals surface area contributed by atoms with Crippen LogP contribution >= 0.6 is 0 Å². The molecular weight excluding hydrogens is 343 g/mol. The molecule has 0 bridgehead atoms. The van der Waals surface area contributed by atoms with Gasteiger partial charge in [-0.2, -0.15) is 0 Å². The highest BCUT2D eigenvalue weighted by Gasteiger charge is 2.46. The average Bonchev–Trinajstić information content (AvgIpc) is 2.58. The van der Waals surface area contributed by atoms with Crippen LogP contribution in [0.2, 0.25) is 0 Å². The molecule has 4 nitrogen and oxygen atoms in total. The van der Waals surface area contributed by atoms with E-state index in [1.807, 2.05) is 26.8 Å². The Bertz CT molecular complexity index is 924. The van der Waals surface area contributed by atoms with Crippen LogP contribution < -0.4 is 0 Å². The van der Waals surface area contributed by atoms with E-state index in [1.165, 1.54) is 11.6 Å². The Morgan fingerprint density at radius 3 is 2.70 bits per heavy atom. The van der Waals surface area contributed by atoms with Crippen molar-refractivity contribution in [2.45, 2.75) is 45.6 Å². The second-order valence-corrected chi connectivity index (χ2v) is 8.79. The van der Waals surface area contributed by atoms with Crippen molar-refractivity contribution in [3.05, 3.63) is 47.9 Å². The van der Waals surface area contributed by atoms with Crippen LogP contribution in [0, 0.1) is 11.2 Å². The summed E-state index contributed by atoms with van der Waals surface area (Å²) in [5.41, 5.74) is 2.83. The second-order valence-electron chi connectivity index (χ2n) is 8.79. The summed E-state index contributed by atoms with van der Waals surface area (Å²) < 4.78 is 19.2. The van der Waals surface area contributed by atoms with Crippen molar-refractivity contribution in [2.75, 3.05) is 13.1 Å².